The Hall–Kier alpha value is -2.05. The Balaban J connectivity index is 0. The van der Waals surface area contributed by atoms with Crippen LogP contribution in [0.2, 0.25) is 0 Å². The Bertz CT molecular complexity index is 654. The Morgan fingerprint density at radius 2 is 1.95 bits per heavy atom. The number of ether oxygens (including phenoxy) is 1. The number of hydrogen-bond acceptors (Lipinski definition) is 6. The summed E-state index contributed by atoms with van der Waals surface area (Å²) < 4.78 is 5.48. The van der Waals surface area contributed by atoms with Gasteiger partial charge >= 0.3 is 0 Å². The fourth-order valence-electron chi connectivity index (χ4n) is 1.48. The van der Waals surface area contributed by atoms with Crippen molar-refractivity contribution in [3.05, 3.63) is 35.7 Å². The van der Waals surface area contributed by atoms with Gasteiger partial charge < -0.3 is 15.6 Å². The van der Waals surface area contributed by atoms with Gasteiger partial charge in [0.2, 0.25) is 5.75 Å². The molecule has 0 amide bonds. The number of aromatic hydroxyl groups is 1. The standard InChI is InChI=1S/C13H13N3O3.C2H6.V.H2/c1-7-3-4-9(8(2)17)5-10(7)19-13-11(18)12(14)15-6-16-13;1-2;;/h3-6,18H,1-2H3,(H2,14,15,16);1-2H3;;1H. The number of ketones is 1. The zero-order valence-corrected chi connectivity index (χ0v) is 14.4. The number of nitrogens with two attached hydrogens (primary N) is 1. The molecule has 0 atom stereocenters. The summed E-state index contributed by atoms with van der Waals surface area (Å²) in [5.41, 5.74) is 6.78. The number of Topliss-reactive ketones (excluding diaryl/α,β-unsaturated/α-hetero) is 1. The molecule has 0 fully saturated rings. The zero-order chi connectivity index (χ0) is 16.0. The third-order valence-corrected chi connectivity index (χ3v) is 2.62. The van der Waals surface area contributed by atoms with Gasteiger partial charge in [0.05, 0.1) is 0 Å². The second-order valence-corrected chi connectivity index (χ2v) is 4.05. The van der Waals surface area contributed by atoms with Crippen molar-refractivity contribution < 1.29 is 34.6 Å². The first kappa shape index (κ1) is 20.0. The summed E-state index contributed by atoms with van der Waals surface area (Å²) in [6, 6.07) is 5.06. The van der Waals surface area contributed by atoms with Gasteiger partial charge in [-0.25, -0.2) is 4.98 Å². The van der Waals surface area contributed by atoms with Gasteiger partial charge in [-0.15, -0.1) is 0 Å². The van der Waals surface area contributed by atoms with Gasteiger partial charge in [-0.3, -0.25) is 4.79 Å². The van der Waals surface area contributed by atoms with E-state index in [2.05, 4.69) is 9.97 Å². The molecular formula is C15H21N3O3V. The maximum absolute atomic E-state index is 11.3. The smallest absolute Gasteiger partial charge is 0.267 e. The fourth-order valence-corrected chi connectivity index (χ4v) is 1.48. The number of rotatable bonds is 3. The summed E-state index contributed by atoms with van der Waals surface area (Å²) in [7, 11) is 0. The van der Waals surface area contributed by atoms with Crippen LogP contribution in [0.5, 0.6) is 17.4 Å². The number of hydrogen-bond donors (Lipinski definition) is 2. The van der Waals surface area contributed by atoms with E-state index in [0.29, 0.717) is 11.3 Å². The van der Waals surface area contributed by atoms with E-state index in [9.17, 15) is 9.90 Å². The monoisotopic (exact) mass is 342 g/mol. The molecule has 3 N–H and O–H groups in total. The number of nitrogens with zero attached hydrogens (tertiary/aromatic N) is 2. The van der Waals surface area contributed by atoms with Crippen molar-refractivity contribution >= 4 is 11.6 Å². The zero-order valence-electron chi connectivity index (χ0n) is 13.0. The summed E-state index contributed by atoms with van der Waals surface area (Å²) in [6.45, 7) is 7.29. The third-order valence-electron chi connectivity index (χ3n) is 2.62. The summed E-state index contributed by atoms with van der Waals surface area (Å²) in [5, 5.41) is 9.69. The van der Waals surface area contributed by atoms with Crippen molar-refractivity contribution in [3.63, 3.8) is 0 Å². The van der Waals surface area contributed by atoms with Crippen LogP contribution < -0.4 is 10.5 Å². The number of aromatic nitrogens is 2. The van der Waals surface area contributed by atoms with Gasteiger partial charge in [0, 0.05) is 25.5 Å². The van der Waals surface area contributed by atoms with Crippen molar-refractivity contribution in [2.45, 2.75) is 27.7 Å². The van der Waals surface area contributed by atoms with Crippen LogP contribution in [0.4, 0.5) is 5.82 Å². The number of carbonyl (C=O) groups excluding carboxylic acids is 1. The second kappa shape index (κ2) is 9.07. The maximum atomic E-state index is 11.3. The Morgan fingerprint density at radius 1 is 1.32 bits per heavy atom. The van der Waals surface area contributed by atoms with E-state index in [0.717, 1.165) is 5.56 Å². The van der Waals surface area contributed by atoms with Crippen molar-refractivity contribution in [1.29, 1.82) is 0 Å². The molecule has 0 aliphatic carbocycles. The van der Waals surface area contributed by atoms with Gasteiger partial charge in [-0.2, -0.15) is 4.98 Å². The van der Waals surface area contributed by atoms with Crippen molar-refractivity contribution in [2.24, 2.45) is 0 Å². The van der Waals surface area contributed by atoms with E-state index in [1.54, 1.807) is 18.2 Å². The van der Waals surface area contributed by atoms with Crippen LogP contribution in [0.25, 0.3) is 0 Å². The average Bonchev–Trinajstić information content (AvgIpc) is 2.48. The van der Waals surface area contributed by atoms with E-state index in [1.807, 2.05) is 20.8 Å². The Kier molecular flexibility index (Phi) is 8.23. The molecule has 2 rings (SSSR count). The molecule has 22 heavy (non-hydrogen) atoms. The number of nitrogen functional groups attached to an aromatic ring is 1. The Morgan fingerprint density at radius 3 is 2.55 bits per heavy atom. The van der Waals surface area contributed by atoms with E-state index in [4.69, 9.17) is 10.5 Å². The van der Waals surface area contributed by atoms with Crippen LogP contribution in [-0.2, 0) is 18.6 Å². The SMILES string of the molecule is CC.CC(=O)c1ccc(C)c(Oc2ncnc(N)c2O)c1.[HH].[V]. The number of aryl methyl sites for hydroxylation is 1. The largest absolute Gasteiger partial charge is 0.501 e. The third kappa shape index (κ3) is 4.75. The number of anilines is 1. The number of carbonyl (C=O) groups is 1. The first-order valence-corrected chi connectivity index (χ1v) is 6.58. The molecule has 1 aromatic heterocycles. The van der Waals surface area contributed by atoms with Gasteiger partial charge in [0.15, 0.2) is 11.6 Å². The Labute approximate surface area is 143 Å². The molecule has 0 aliphatic heterocycles. The summed E-state index contributed by atoms with van der Waals surface area (Å²) in [6.07, 6.45) is 1.19. The molecule has 1 radical (unpaired) electrons. The molecule has 0 saturated carbocycles. The minimum absolute atomic E-state index is 0. The topological polar surface area (TPSA) is 98.3 Å². The predicted octanol–water partition coefficient (Wildman–Crippen LogP) is 3.34. The molecule has 1 aromatic carbocycles. The average molecular weight is 342 g/mol. The van der Waals surface area contributed by atoms with Gasteiger partial charge in [0.25, 0.3) is 5.88 Å². The van der Waals surface area contributed by atoms with Crippen molar-refractivity contribution in [1.82, 2.24) is 9.97 Å². The molecule has 2 aromatic rings. The molecule has 0 unspecified atom stereocenters. The molecule has 7 heteroatoms. The number of benzene rings is 1. The van der Waals surface area contributed by atoms with Gasteiger partial charge in [-0.05, 0) is 25.5 Å². The second-order valence-electron chi connectivity index (χ2n) is 4.05. The van der Waals surface area contributed by atoms with Crippen LogP contribution in [0.3, 0.4) is 0 Å². The molecule has 0 spiro atoms. The maximum Gasteiger partial charge on any atom is 0.267 e. The molecular weight excluding hydrogens is 321 g/mol. The van der Waals surface area contributed by atoms with Crippen molar-refractivity contribution in [3.8, 4) is 17.4 Å². The van der Waals surface area contributed by atoms with Crippen molar-refractivity contribution in [2.75, 3.05) is 5.73 Å². The minimum Gasteiger partial charge on any atom is -0.501 e. The fraction of sp³-hybridized carbons (Fsp3) is 0.267. The molecule has 1 heterocycles. The van der Waals surface area contributed by atoms with Gasteiger partial charge in [-0.1, -0.05) is 26.0 Å². The molecule has 6 nitrogen and oxygen atoms in total. The summed E-state index contributed by atoms with van der Waals surface area (Å²) in [4.78, 5) is 18.8. The molecule has 0 bridgehead atoms. The van der Waals surface area contributed by atoms with E-state index in [-0.39, 0.29) is 43.2 Å². The van der Waals surface area contributed by atoms with Crippen LogP contribution in [0.1, 0.15) is 38.1 Å². The van der Waals surface area contributed by atoms with Crippen LogP contribution >= 0.6 is 0 Å². The molecule has 0 saturated heterocycles. The first-order chi connectivity index (χ1) is 9.99. The molecule has 119 valence electrons. The van der Waals surface area contributed by atoms with E-state index >= 15 is 0 Å². The first-order valence-electron chi connectivity index (χ1n) is 6.58. The van der Waals surface area contributed by atoms with Gasteiger partial charge in [0.1, 0.15) is 12.1 Å². The summed E-state index contributed by atoms with van der Waals surface area (Å²) in [5.74, 6) is -0.0748. The predicted molar refractivity (Wildman–Crippen MR) is 82.8 cm³/mol. The minimum atomic E-state index is -0.324. The van der Waals surface area contributed by atoms with E-state index in [1.165, 1.54) is 13.3 Å². The normalized spacial score (nSPS) is 9.09. The van der Waals surface area contributed by atoms with Crippen LogP contribution in [0, 0.1) is 6.92 Å². The quantitative estimate of drug-likeness (QED) is 0.830. The summed E-state index contributed by atoms with van der Waals surface area (Å²) >= 11 is 0. The van der Waals surface area contributed by atoms with E-state index < -0.39 is 0 Å². The van der Waals surface area contributed by atoms with Crippen LogP contribution in [0.15, 0.2) is 24.5 Å². The van der Waals surface area contributed by atoms with Crippen LogP contribution in [-0.4, -0.2) is 20.9 Å². The molecule has 0 aliphatic rings.